The molecule has 1 saturated heterocycles. The Balaban J connectivity index is 1.55. The lowest BCUT2D eigenvalue weighted by atomic mass is 10.2. The normalized spacial score (nSPS) is 21.2. The number of nitrogens with one attached hydrogen (secondary N) is 2. The number of rotatable bonds is 3. The van der Waals surface area contributed by atoms with Crippen LogP contribution < -0.4 is 10.9 Å². The molecule has 1 atom stereocenters. The Morgan fingerprint density at radius 2 is 2.17 bits per heavy atom. The van der Waals surface area contributed by atoms with Gasteiger partial charge in [0.15, 0.2) is 0 Å². The monoisotopic (exact) mass is 317 g/mol. The van der Waals surface area contributed by atoms with Crippen LogP contribution in [0, 0.1) is 0 Å². The third-order valence-corrected chi connectivity index (χ3v) is 4.30. The number of amides is 1. The van der Waals surface area contributed by atoms with E-state index in [1.807, 2.05) is 14.1 Å². The molecule has 4 heterocycles. The number of nitrogens with zero attached hydrogens (tertiary/aromatic N) is 7. The minimum atomic E-state index is -0.140. The summed E-state index contributed by atoms with van der Waals surface area (Å²) >= 11 is 0. The molecule has 0 bridgehead atoms. The molecule has 10 nitrogen and oxygen atoms in total. The van der Waals surface area contributed by atoms with Crippen molar-refractivity contribution in [2.75, 3.05) is 13.1 Å². The number of carbonyl (C=O) groups is 1. The summed E-state index contributed by atoms with van der Waals surface area (Å²) in [6.45, 7) is 3.45. The van der Waals surface area contributed by atoms with Crippen molar-refractivity contribution >= 4 is 5.91 Å². The van der Waals surface area contributed by atoms with Crippen molar-refractivity contribution in [3.8, 4) is 0 Å². The van der Waals surface area contributed by atoms with Crippen molar-refractivity contribution in [2.24, 2.45) is 0 Å². The van der Waals surface area contributed by atoms with E-state index in [4.69, 9.17) is 0 Å². The molecule has 2 N–H and O–H groups in total. The molecule has 2 aromatic rings. The van der Waals surface area contributed by atoms with Crippen LogP contribution in [-0.4, -0.2) is 59.7 Å². The first kappa shape index (κ1) is 14.3. The van der Waals surface area contributed by atoms with Crippen LogP contribution in [0.2, 0.25) is 0 Å². The van der Waals surface area contributed by atoms with Gasteiger partial charge in [-0.1, -0.05) is 5.21 Å². The zero-order chi connectivity index (χ0) is 15.6. The Morgan fingerprint density at radius 3 is 2.96 bits per heavy atom. The number of hydrogen-bond acceptors (Lipinski definition) is 7. The van der Waals surface area contributed by atoms with Crippen molar-refractivity contribution < 1.29 is 4.79 Å². The highest BCUT2D eigenvalue weighted by Crippen LogP contribution is 2.17. The third kappa shape index (κ3) is 2.82. The van der Waals surface area contributed by atoms with E-state index < -0.39 is 0 Å². The van der Waals surface area contributed by atoms with Gasteiger partial charge < -0.3 is 9.47 Å². The molecule has 1 fully saturated rings. The van der Waals surface area contributed by atoms with Crippen LogP contribution in [0.3, 0.4) is 0 Å². The molecule has 0 radical (unpaired) electrons. The highest BCUT2D eigenvalue weighted by Gasteiger charge is 2.29. The van der Waals surface area contributed by atoms with Gasteiger partial charge in [-0.3, -0.25) is 10.2 Å². The van der Waals surface area contributed by atoms with Crippen LogP contribution in [-0.2, 0) is 24.4 Å². The molecule has 4 rings (SSSR count). The van der Waals surface area contributed by atoms with Gasteiger partial charge in [-0.05, 0) is 12.8 Å². The first-order valence-electron chi connectivity index (χ1n) is 7.82. The second-order valence-electron chi connectivity index (χ2n) is 5.87. The van der Waals surface area contributed by atoms with E-state index in [-0.39, 0.29) is 11.9 Å². The van der Waals surface area contributed by atoms with Gasteiger partial charge in [0.25, 0.3) is 0 Å². The zero-order valence-corrected chi connectivity index (χ0v) is 12.7. The lowest BCUT2D eigenvalue weighted by Crippen LogP contribution is -2.45. The molecule has 2 aliphatic rings. The van der Waals surface area contributed by atoms with E-state index in [0.29, 0.717) is 13.1 Å². The number of hydrogen-bond donors (Lipinski definition) is 2. The van der Waals surface area contributed by atoms with Crippen LogP contribution in [0.1, 0.15) is 24.2 Å². The zero-order valence-electron chi connectivity index (χ0n) is 12.7. The van der Waals surface area contributed by atoms with E-state index in [1.165, 1.54) is 0 Å². The molecule has 0 saturated carbocycles. The number of aryl methyl sites for hydroxylation is 1. The molecular weight excluding hydrogens is 298 g/mol. The average Bonchev–Trinajstić information content (AvgIpc) is 3.29. The van der Waals surface area contributed by atoms with Crippen molar-refractivity contribution in [3.63, 3.8) is 0 Å². The van der Waals surface area contributed by atoms with Gasteiger partial charge in [0.2, 0.25) is 5.91 Å². The molecule has 1 amide bonds. The maximum atomic E-state index is 12.7. The molecule has 122 valence electrons. The Morgan fingerprint density at radius 1 is 1.30 bits per heavy atom. The van der Waals surface area contributed by atoms with E-state index in [0.717, 1.165) is 43.9 Å². The van der Waals surface area contributed by atoms with Gasteiger partial charge in [-0.25, -0.2) is 10.1 Å². The number of fused-ring (bicyclic) bond motifs is 1. The Hall–Kier alpha value is -2.33. The first-order chi connectivity index (χ1) is 11.3. The summed E-state index contributed by atoms with van der Waals surface area (Å²) < 4.78 is 3.76. The SMILES string of the molecule is O=C(C1CCNN1)N1CCCn2nnc(Cn3cnnc3)c2C1. The van der Waals surface area contributed by atoms with Crippen LogP contribution >= 0.6 is 0 Å². The molecular formula is C13H19N9O. The fraction of sp³-hybridized carbons (Fsp3) is 0.615. The van der Waals surface area contributed by atoms with Crippen molar-refractivity contribution in [3.05, 3.63) is 24.0 Å². The summed E-state index contributed by atoms with van der Waals surface area (Å²) in [7, 11) is 0. The lowest BCUT2D eigenvalue weighted by molar-refractivity contribution is -0.133. The highest BCUT2D eigenvalue weighted by atomic mass is 16.2. The predicted molar refractivity (Wildman–Crippen MR) is 78.7 cm³/mol. The summed E-state index contributed by atoms with van der Waals surface area (Å²) in [6.07, 6.45) is 5.01. The van der Waals surface area contributed by atoms with E-state index >= 15 is 0 Å². The maximum absolute atomic E-state index is 12.7. The van der Waals surface area contributed by atoms with Crippen LogP contribution in [0.4, 0.5) is 0 Å². The number of carbonyl (C=O) groups excluding carboxylic acids is 1. The van der Waals surface area contributed by atoms with E-state index in [1.54, 1.807) is 12.7 Å². The predicted octanol–water partition coefficient (Wildman–Crippen LogP) is -1.48. The summed E-state index contributed by atoms with van der Waals surface area (Å²) in [6, 6.07) is -0.140. The van der Waals surface area contributed by atoms with Crippen LogP contribution in [0.25, 0.3) is 0 Å². The Kier molecular flexibility index (Phi) is 3.75. The van der Waals surface area contributed by atoms with Gasteiger partial charge in [0, 0.05) is 19.6 Å². The molecule has 1 unspecified atom stereocenters. The van der Waals surface area contributed by atoms with Gasteiger partial charge in [-0.2, -0.15) is 0 Å². The molecule has 0 spiro atoms. The standard InChI is InChI=1S/C13H19N9O/c23-13(10-2-3-14-17-10)21-4-1-5-22-12(7-21)11(18-19-22)6-20-8-15-16-9-20/h8-10,14,17H,1-7H2. The Labute approximate surface area is 132 Å². The second-order valence-corrected chi connectivity index (χ2v) is 5.87. The highest BCUT2D eigenvalue weighted by molar-refractivity contribution is 5.82. The minimum Gasteiger partial charge on any atom is -0.335 e. The molecule has 23 heavy (non-hydrogen) atoms. The average molecular weight is 317 g/mol. The lowest BCUT2D eigenvalue weighted by Gasteiger charge is -2.23. The van der Waals surface area contributed by atoms with Gasteiger partial charge in [-0.15, -0.1) is 15.3 Å². The molecule has 0 aliphatic carbocycles. The van der Waals surface area contributed by atoms with Gasteiger partial charge in [0.1, 0.15) is 24.4 Å². The number of hydrazine groups is 1. The van der Waals surface area contributed by atoms with Crippen molar-refractivity contribution in [1.29, 1.82) is 0 Å². The van der Waals surface area contributed by atoms with Crippen molar-refractivity contribution in [1.82, 2.24) is 45.5 Å². The quantitative estimate of drug-likeness (QED) is 0.711. The summed E-state index contributed by atoms with van der Waals surface area (Å²) in [5, 5.41) is 16.1. The van der Waals surface area contributed by atoms with Gasteiger partial charge >= 0.3 is 0 Å². The number of aromatic nitrogens is 6. The molecule has 0 aromatic carbocycles. The van der Waals surface area contributed by atoms with E-state index in [9.17, 15) is 4.79 Å². The topological polar surface area (TPSA) is 106 Å². The fourth-order valence-electron chi connectivity index (χ4n) is 3.07. The molecule has 2 aliphatic heterocycles. The minimum absolute atomic E-state index is 0.139. The Bertz CT molecular complexity index is 674. The van der Waals surface area contributed by atoms with Crippen LogP contribution in [0.15, 0.2) is 12.7 Å². The fourth-order valence-corrected chi connectivity index (χ4v) is 3.07. The second kappa shape index (κ2) is 6.05. The van der Waals surface area contributed by atoms with E-state index in [2.05, 4.69) is 31.4 Å². The molecule has 10 heteroatoms. The van der Waals surface area contributed by atoms with Crippen LogP contribution in [0.5, 0.6) is 0 Å². The summed E-state index contributed by atoms with van der Waals surface area (Å²) in [4.78, 5) is 14.6. The van der Waals surface area contributed by atoms with Gasteiger partial charge in [0.05, 0.1) is 18.8 Å². The largest absolute Gasteiger partial charge is 0.335 e. The smallest absolute Gasteiger partial charge is 0.241 e. The first-order valence-corrected chi connectivity index (χ1v) is 7.82. The van der Waals surface area contributed by atoms with Crippen molar-refractivity contribution in [2.45, 2.75) is 38.5 Å². The molecule has 2 aromatic heterocycles. The summed E-state index contributed by atoms with van der Waals surface area (Å²) in [5.74, 6) is 0.139. The summed E-state index contributed by atoms with van der Waals surface area (Å²) in [5.41, 5.74) is 7.92. The maximum Gasteiger partial charge on any atom is 0.241 e. The third-order valence-electron chi connectivity index (χ3n) is 4.30.